The molecule has 4 nitrogen and oxygen atoms in total. The van der Waals surface area contributed by atoms with Crippen molar-refractivity contribution in [2.45, 2.75) is 58.5 Å². The van der Waals surface area contributed by atoms with Crippen molar-refractivity contribution in [2.24, 2.45) is 0 Å². The van der Waals surface area contributed by atoms with Gasteiger partial charge in [-0.25, -0.2) is 4.98 Å². The summed E-state index contributed by atoms with van der Waals surface area (Å²) < 4.78 is 0. The Morgan fingerprint density at radius 1 is 1.44 bits per heavy atom. The van der Waals surface area contributed by atoms with Crippen LogP contribution in [0.1, 0.15) is 51.0 Å². The lowest BCUT2D eigenvalue weighted by Crippen LogP contribution is -2.29. The Kier molecular flexibility index (Phi) is 7.32. The number of aliphatic hydroxyl groups is 1. The predicted octanol–water partition coefficient (Wildman–Crippen LogP) is 2.66. The van der Waals surface area contributed by atoms with Gasteiger partial charge in [-0.05, 0) is 19.3 Å². The summed E-state index contributed by atoms with van der Waals surface area (Å²) in [7, 11) is 0. The molecule has 0 saturated heterocycles. The van der Waals surface area contributed by atoms with Crippen molar-refractivity contribution in [3.63, 3.8) is 0 Å². The normalized spacial score (nSPS) is 12.9. The van der Waals surface area contributed by atoms with Crippen molar-refractivity contribution in [1.82, 2.24) is 15.3 Å². The number of halogens is 1. The first kappa shape index (κ1) is 15.5. The van der Waals surface area contributed by atoms with Crippen molar-refractivity contribution in [1.29, 1.82) is 0 Å². The number of rotatable bonds is 9. The number of aryl methyl sites for hydroxylation is 1. The second kappa shape index (κ2) is 8.51. The third-order valence-electron chi connectivity index (χ3n) is 3.08. The Balaban J connectivity index is 2.48. The van der Waals surface area contributed by atoms with Crippen LogP contribution in [-0.4, -0.2) is 27.7 Å². The van der Waals surface area contributed by atoms with E-state index in [1.165, 1.54) is 0 Å². The van der Waals surface area contributed by atoms with Gasteiger partial charge in [0, 0.05) is 25.6 Å². The van der Waals surface area contributed by atoms with Crippen molar-refractivity contribution in [3.8, 4) is 0 Å². The van der Waals surface area contributed by atoms with Crippen LogP contribution in [0.15, 0.2) is 0 Å². The fourth-order valence-electron chi connectivity index (χ4n) is 1.87. The minimum absolute atomic E-state index is 0.212. The molecule has 104 valence electrons. The molecule has 3 N–H and O–H groups in total. The Hall–Kier alpha value is -0.580. The summed E-state index contributed by atoms with van der Waals surface area (Å²) in [4.78, 5) is 7.59. The lowest BCUT2D eigenvalue weighted by Gasteiger charge is -2.14. The third-order valence-corrected chi connectivity index (χ3v) is 3.39. The summed E-state index contributed by atoms with van der Waals surface area (Å²) in [6.07, 6.45) is 4.99. The van der Waals surface area contributed by atoms with E-state index in [2.05, 4.69) is 29.1 Å². The molecule has 0 amide bonds. The fraction of sp³-hybridized carbons (Fsp3) is 0.769. The third kappa shape index (κ3) is 4.96. The van der Waals surface area contributed by atoms with E-state index in [0.29, 0.717) is 17.7 Å². The van der Waals surface area contributed by atoms with Gasteiger partial charge in [0.15, 0.2) is 5.15 Å². The maximum atomic E-state index is 8.93. The quantitative estimate of drug-likeness (QED) is 0.648. The van der Waals surface area contributed by atoms with Crippen LogP contribution in [-0.2, 0) is 13.0 Å². The average Bonchev–Trinajstić information content (AvgIpc) is 2.72. The van der Waals surface area contributed by atoms with Gasteiger partial charge < -0.3 is 15.4 Å². The molecule has 0 radical (unpaired) electrons. The molecule has 1 rings (SSSR count). The van der Waals surface area contributed by atoms with E-state index >= 15 is 0 Å². The maximum Gasteiger partial charge on any atom is 0.151 e. The molecule has 0 aliphatic rings. The van der Waals surface area contributed by atoms with Gasteiger partial charge in [-0.3, -0.25) is 0 Å². The van der Waals surface area contributed by atoms with E-state index in [1.807, 2.05) is 0 Å². The van der Waals surface area contributed by atoms with E-state index < -0.39 is 0 Å². The molecule has 0 spiro atoms. The number of aliphatic hydroxyl groups excluding tert-OH is 1. The SMILES string of the molecule is CCCCc1nc(Cl)c(CNC(CC)CCO)[nH]1. The summed E-state index contributed by atoms with van der Waals surface area (Å²) in [6.45, 7) is 5.16. The Bertz CT molecular complexity index is 341. The van der Waals surface area contributed by atoms with Gasteiger partial charge in [-0.2, -0.15) is 0 Å². The highest BCUT2D eigenvalue weighted by Crippen LogP contribution is 2.14. The minimum atomic E-state index is 0.212. The van der Waals surface area contributed by atoms with E-state index in [-0.39, 0.29) is 6.61 Å². The minimum Gasteiger partial charge on any atom is -0.396 e. The number of unbranched alkanes of at least 4 members (excludes halogenated alkanes) is 1. The molecule has 1 aromatic rings. The van der Waals surface area contributed by atoms with E-state index in [0.717, 1.165) is 43.6 Å². The second-order valence-corrected chi connectivity index (χ2v) is 4.91. The summed E-state index contributed by atoms with van der Waals surface area (Å²) in [6, 6.07) is 0.327. The van der Waals surface area contributed by atoms with Gasteiger partial charge >= 0.3 is 0 Å². The molecule has 0 aliphatic heterocycles. The van der Waals surface area contributed by atoms with E-state index in [9.17, 15) is 0 Å². The topological polar surface area (TPSA) is 60.9 Å². The van der Waals surface area contributed by atoms with Crippen molar-refractivity contribution < 1.29 is 5.11 Å². The fourth-order valence-corrected chi connectivity index (χ4v) is 2.09. The molecule has 1 heterocycles. The molecule has 1 aromatic heterocycles. The van der Waals surface area contributed by atoms with Gasteiger partial charge in [0.1, 0.15) is 5.82 Å². The molecule has 1 unspecified atom stereocenters. The number of hydrogen-bond donors (Lipinski definition) is 3. The van der Waals surface area contributed by atoms with Gasteiger partial charge in [-0.1, -0.05) is 31.9 Å². The number of imidazole rings is 1. The standard InChI is InChI=1S/C13H24ClN3O/c1-3-5-6-12-16-11(13(14)17-12)9-15-10(4-2)7-8-18/h10,15,18H,3-9H2,1-2H3,(H,16,17). The summed E-state index contributed by atoms with van der Waals surface area (Å²) in [5, 5.41) is 12.9. The lowest BCUT2D eigenvalue weighted by atomic mass is 10.1. The molecule has 0 aromatic carbocycles. The molecular formula is C13H24ClN3O. The van der Waals surface area contributed by atoms with Crippen molar-refractivity contribution in [3.05, 3.63) is 16.7 Å². The molecule has 5 heteroatoms. The number of aromatic nitrogens is 2. The highest BCUT2D eigenvalue weighted by Gasteiger charge is 2.10. The van der Waals surface area contributed by atoms with Crippen molar-refractivity contribution >= 4 is 11.6 Å². The molecule has 1 atom stereocenters. The molecule has 0 fully saturated rings. The zero-order valence-electron chi connectivity index (χ0n) is 11.3. The van der Waals surface area contributed by atoms with Crippen LogP contribution in [0.4, 0.5) is 0 Å². The second-order valence-electron chi connectivity index (χ2n) is 4.55. The van der Waals surface area contributed by atoms with Gasteiger partial charge in [0.2, 0.25) is 0 Å². The monoisotopic (exact) mass is 273 g/mol. The number of aromatic amines is 1. The zero-order chi connectivity index (χ0) is 13.4. The molecule has 0 saturated carbocycles. The Morgan fingerprint density at radius 3 is 2.83 bits per heavy atom. The summed E-state index contributed by atoms with van der Waals surface area (Å²) in [5.41, 5.74) is 0.944. The number of H-pyrrole nitrogens is 1. The predicted molar refractivity (Wildman–Crippen MR) is 74.8 cm³/mol. The van der Waals surface area contributed by atoms with Gasteiger partial charge in [-0.15, -0.1) is 0 Å². The van der Waals surface area contributed by atoms with E-state index in [1.54, 1.807) is 0 Å². The summed E-state index contributed by atoms with van der Waals surface area (Å²) in [5.74, 6) is 0.967. The van der Waals surface area contributed by atoms with Gasteiger partial charge in [0.05, 0.1) is 5.69 Å². The van der Waals surface area contributed by atoms with Crippen molar-refractivity contribution in [2.75, 3.05) is 6.61 Å². The van der Waals surface area contributed by atoms with Crippen LogP contribution >= 0.6 is 11.6 Å². The van der Waals surface area contributed by atoms with Gasteiger partial charge in [0.25, 0.3) is 0 Å². The van der Waals surface area contributed by atoms with E-state index in [4.69, 9.17) is 16.7 Å². The smallest absolute Gasteiger partial charge is 0.151 e. The highest BCUT2D eigenvalue weighted by atomic mass is 35.5. The first-order valence-electron chi connectivity index (χ1n) is 6.78. The lowest BCUT2D eigenvalue weighted by molar-refractivity contribution is 0.262. The number of hydrogen-bond acceptors (Lipinski definition) is 3. The Morgan fingerprint density at radius 2 is 2.22 bits per heavy atom. The first-order valence-corrected chi connectivity index (χ1v) is 7.16. The summed E-state index contributed by atoms with van der Waals surface area (Å²) >= 11 is 6.10. The highest BCUT2D eigenvalue weighted by molar-refractivity contribution is 6.30. The van der Waals surface area contributed by atoms with Crippen LogP contribution in [0.3, 0.4) is 0 Å². The Labute approximate surface area is 114 Å². The first-order chi connectivity index (χ1) is 8.71. The molecule has 18 heavy (non-hydrogen) atoms. The molecule has 0 bridgehead atoms. The average molecular weight is 274 g/mol. The molecule has 0 aliphatic carbocycles. The van der Waals surface area contributed by atoms with Crippen LogP contribution in [0, 0.1) is 0 Å². The van der Waals surface area contributed by atoms with Crippen LogP contribution < -0.4 is 5.32 Å². The van der Waals surface area contributed by atoms with Crippen LogP contribution in [0.25, 0.3) is 0 Å². The zero-order valence-corrected chi connectivity index (χ0v) is 12.1. The number of nitrogens with one attached hydrogen (secondary N) is 2. The van der Waals surface area contributed by atoms with Crippen LogP contribution in [0.2, 0.25) is 5.15 Å². The molecular weight excluding hydrogens is 250 g/mol. The largest absolute Gasteiger partial charge is 0.396 e. The van der Waals surface area contributed by atoms with Crippen LogP contribution in [0.5, 0.6) is 0 Å². The number of nitrogens with zero attached hydrogens (tertiary/aromatic N) is 1. The maximum absolute atomic E-state index is 8.93.